The standard InChI is InChI=1S/C18H18ClN3O2/c19-16-8-2-1-5-13(16)11-15-7-4-10-22(15)18(24)17(23)21-14-6-3-9-20-12-14/h1-3,5-6,8-9,12,15H,4,7,10-11H2,(H,21,23)/t15-/m1/s1. The molecule has 0 bridgehead atoms. The van der Waals surface area contributed by atoms with Gasteiger partial charge in [-0.25, -0.2) is 0 Å². The second-order valence-electron chi connectivity index (χ2n) is 5.79. The number of likely N-dealkylation sites (tertiary alicyclic amines) is 1. The number of benzene rings is 1. The van der Waals surface area contributed by atoms with Crippen LogP contribution < -0.4 is 5.32 Å². The molecule has 1 fully saturated rings. The van der Waals surface area contributed by atoms with E-state index in [9.17, 15) is 9.59 Å². The Bertz CT molecular complexity index is 736. The zero-order valence-corrected chi connectivity index (χ0v) is 13.9. The first-order valence-electron chi connectivity index (χ1n) is 7.90. The molecule has 1 aromatic carbocycles. The van der Waals surface area contributed by atoms with E-state index in [0.29, 0.717) is 23.7 Å². The Morgan fingerprint density at radius 3 is 2.83 bits per heavy atom. The van der Waals surface area contributed by atoms with Gasteiger partial charge in [0.2, 0.25) is 0 Å². The summed E-state index contributed by atoms with van der Waals surface area (Å²) >= 11 is 6.21. The number of nitrogens with zero attached hydrogens (tertiary/aromatic N) is 2. The molecule has 2 heterocycles. The van der Waals surface area contributed by atoms with Crippen molar-refractivity contribution in [1.29, 1.82) is 0 Å². The van der Waals surface area contributed by atoms with Gasteiger partial charge in [0.05, 0.1) is 11.9 Å². The van der Waals surface area contributed by atoms with Crippen LogP contribution in [0.2, 0.25) is 5.02 Å². The zero-order chi connectivity index (χ0) is 16.9. The Balaban J connectivity index is 1.67. The Morgan fingerprint density at radius 1 is 1.25 bits per heavy atom. The second kappa shape index (κ2) is 7.45. The van der Waals surface area contributed by atoms with E-state index in [1.807, 2.05) is 24.3 Å². The zero-order valence-electron chi connectivity index (χ0n) is 13.1. The first-order chi connectivity index (χ1) is 11.6. The molecule has 1 saturated heterocycles. The molecule has 3 rings (SSSR count). The van der Waals surface area contributed by atoms with Crippen molar-refractivity contribution in [3.8, 4) is 0 Å². The maximum Gasteiger partial charge on any atom is 0.313 e. The second-order valence-corrected chi connectivity index (χ2v) is 6.19. The van der Waals surface area contributed by atoms with Crippen LogP contribution in [0.5, 0.6) is 0 Å². The van der Waals surface area contributed by atoms with Gasteiger partial charge < -0.3 is 10.2 Å². The molecule has 2 aromatic rings. The summed E-state index contributed by atoms with van der Waals surface area (Å²) in [5.41, 5.74) is 1.51. The van der Waals surface area contributed by atoms with Crippen LogP contribution >= 0.6 is 11.6 Å². The van der Waals surface area contributed by atoms with Crippen molar-refractivity contribution >= 4 is 29.1 Å². The van der Waals surface area contributed by atoms with Crippen molar-refractivity contribution in [1.82, 2.24) is 9.88 Å². The molecule has 1 aliphatic rings. The highest BCUT2D eigenvalue weighted by molar-refractivity contribution is 6.39. The number of hydrogen-bond acceptors (Lipinski definition) is 3. The van der Waals surface area contributed by atoms with Gasteiger partial charge in [-0.15, -0.1) is 0 Å². The van der Waals surface area contributed by atoms with Crippen LogP contribution in [-0.4, -0.2) is 34.3 Å². The summed E-state index contributed by atoms with van der Waals surface area (Å²) < 4.78 is 0. The predicted molar refractivity (Wildman–Crippen MR) is 92.8 cm³/mol. The number of aromatic nitrogens is 1. The summed E-state index contributed by atoms with van der Waals surface area (Å²) in [6.07, 6.45) is 5.54. The first kappa shape index (κ1) is 16.5. The van der Waals surface area contributed by atoms with Gasteiger partial charge in [-0.2, -0.15) is 0 Å². The minimum absolute atomic E-state index is 0.00273. The molecular formula is C18H18ClN3O2. The van der Waals surface area contributed by atoms with Crippen LogP contribution in [0.25, 0.3) is 0 Å². The SMILES string of the molecule is O=C(Nc1cccnc1)C(=O)N1CCC[C@@H]1Cc1ccccc1Cl. The molecule has 0 saturated carbocycles. The molecule has 0 unspecified atom stereocenters. The van der Waals surface area contributed by atoms with E-state index in [4.69, 9.17) is 11.6 Å². The van der Waals surface area contributed by atoms with Gasteiger partial charge >= 0.3 is 11.8 Å². The monoisotopic (exact) mass is 343 g/mol. The van der Waals surface area contributed by atoms with Crippen LogP contribution in [0.1, 0.15) is 18.4 Å². The Hall–Kier alpha value is -2.40. The van der Waals surface area contributed by atoms with Crippen molar-refractivity contribution in [3.63, 3.8) is 0 Å². The predicted octanol–water partition coefficient (Wildman–Crippen LogP) is 2.91. The maximum absolute atomic E-state index is 12.5. The van der Waals surface area contributed by atoms with Gasteiger partial charge in [0.25, 0.3) is 0 Å². The van der Waals surface area contributed by atoms with Crippen molar-refractivity contribution in [3.05, 3.63) is 59.4 Å². The third-order valence-corrected chi connectivity index (χ3v) is 4.53. The van der Waals surface area contributed by atoms with Crippen LogP contribution in [0.3, 0.4) is 0 Å². The van der Waals surface area contributed by atoms with E-state index < -0.39 is 11.8 Å². The number of anilines is 1. The molecule has 5 nitrogen and oxygen atoms in total. The first-order valence-corrected chi connectivity index (χ1v) is 8.28. The number of rotatable bonds is 3. The average molecular weight is 344 g/mol. The summed E-state index contributed by atoms with van der Waals surface area (Å²) in [5, 5.41) is 3.29. The Kier molecular flexibility index (Phi) is 5.11. The number of hydrogen-bond donors (Lipinski definition) is 1. The smallest absolute Gasteiger partial charge is 0.313 e. The van der Waals surface area contributed by atoms with E-state index >= 15 is 0 Å². The van der Waals surface area contributed by atoms with E-state index in [1.54, 1.807) is 23.2 Å². The van der Waals surface area contributed by atoms with E-state index in [2.05, 4.69) is 10.3 Å². The Morgan fingerprint density at radius 2 is 2.08 bits per heavy atom. The lowest BCUT2D eigenvalue weighted by atomic mass is 10.0. The molecule has 1 N–H and O–H groups in total. The number of pyridine rings is 1. The molecule has 124 valence electrons. The van der Waals surface area contributed by atoms with Gasteiger partial charge in [0.15, 0.2) is 0 Å². The molecule has 24 heavy (non-hydrogen) atoms. The number of nitrogens with one attached hydrogen (secondary N) is 1. The number of halogens is 1. The summed E-state index contributed by atoms with van der Waals surface area (Å²) in [5.74, 6) is -1.14. The van der Waals surface area contributed by atoms with Crippen LogP contribution in [0, 0.1) is 0 Å². The molecule has 1 atom stereocenters. The van der Waals surface area contributed by atoms with E-state index in [-0.39, 0.29) is 6.04 Å². The number of carbonyl (C=O) groups is 2. The lowest BCUT2D eigenvalue weighted by Gasteiger charge is -2.24. The third kappa shape index (κ3) is 3.74. The highest BCUT2D eigenvalue weighted by Crippen LogP contribution is 2.25. The van der Waals surface area contributed by atoms with Gasteiger partial charge in [-0.1, -0.05) is 29.8 Å². The molecule has 1 aromatic heterocycles. The normalized spacial score (nSPS) is 16.9. The molecular weight excluding hydrogens is 326 g/mol. The van der Waals surface area contributed by atoms with Crippen LogP contribution in [0.4, 0.5) is 5.69 Å². The molecule has 0 aliphatic carbocycles. The van der Waals surface area contributed by atoms with Crippen molar-refractivity contribution in [2.45, 2.75) is 25.3 Å². The average Bonchev–Trinajstić information content (AvgIpc) is 3.05. The van der Waals surface area contributed by atoms with Gasteiger partial charge in [0.1, 0.15) is 0 Å². The van der Waals surface area contributed by atoms with Crippen molar-refractivity contribution in [2.24, 2.45) is 0 Å². The highest BCUT2D eigenvalue weighted by Gasteiger charge is 2.32. The van der Waals surface area contributed by atoms with Crippen molar-refractivity contribution in [2.75, 3.05) is 11.9 Å². The third-order valence-electron chi connectivity index (χ3n) is 4.17. The maximum atomic E-state index is 12.5. The summed E-state index contributed by atoms with van der Waals surface area (Å²) in [6, 6.07) is 11.0. The highest BCUT2D eigenvalue weighted by atomic mass is 35.5. The van der Waals surface area contributed by atoms with Crippen molar-refractivity contribution < 1.29 is 9.59 Å². The molecule has 2 amide bonds. The minimum atomic E-state index is -0.631. The largest absolute Gasteiger partial charge is 0.331 e. The van der Waals surface area contributed by atoms with Crippen LogP contribution in [-0.2, 0) is 16.0 Å². The fourth-order valence-corrected chi connectivity index (χ4v) is 3.20. The Labute approximate surface area is 145 Å². The van der Waals surface area contributed by atoms with Gasteiger partial charge in [-0.05, 0) is 43.0 Å². The fraction of sp³-hybridized carbons (Fsp3) is 0.278. The van der Waals surface area contributed by atoms with E-state index in [1.165, 1.54) is 6.20 Å². The summed E-state index contributed by atoms with van der Waals surface area (Å²) in [7, 11) is 0. The minimum Gasteiger partial charge on any atom is -0.331 e. The summed E-state index contributed by atoms with van der Waals surface area (Å²) in [4.78, 5) is 30.3. The lowest BCUT2D eigenvalue weighted by Crippen LogP contribution is -2.43. The van der Waals surface area contributed by atoms with Gasteiger partial charge in [-0.3, -0.25) is 14.6 Å². The number of amides is 2. The summed E-state index contributed by atoms with van der Waals surface area (Å²) in [6.45, 7) is 0.592. The molecule has 6 heteroatoms. The van der Waals surface area contributed by atoms with E-state index in [0.717, 1.165) is 18.4 Å². The topological polar surface area (TPSA) is 62.3 Å². The fourth-order valence-electron chi connectivity index (χ4n) is 2.98. The number of carbonyl (C=O) groups excluding carboxylic acids is 2. The quantitative estimate of drug-likeness (QED) is 0.872. The lowest BCUT2D eigenvalue weighted by molar-refractivity contribution is -0.143. The van der Waals surface area contributed by atoms with Gasteiger partial charge in [0, 0.05) is 23.8 Å². The molecule has 1 aliphatic heterocycles. The molecule has 0 radical (unpaired) electrons. The molecule has 0 spiro atoms. The van der Waals surface area contributed by atoms with Crippen LogP contribution in [0.15, 0.2) is 48.8 Å².